The number of hydrogen-bond acceptors (Lipinski definition) is 1. The molecule has 0 fully saturated rings. The average molecular weight is 215 g/mol. The lowest BCUT2D eigenvalue weighted by Crippen LogP contribution is -2.09. The number of rotatable bonds is 6. The quantitative estimate of drug-likeness (QED) is 0.653. The van der Waals surface area contributed by atoms with Crippen LogP contribution in [0.3, 0.4) is 0 Å². The Morgan fingerprint density at radius 2 is 1.44 bits per heavy atom. The highest BCUT2D eigenvalue weighted by Gasteiger charge is 1.91. The van der Waals surface area contributed by atoms with Gasteiger partial charge in [0.2, 0.25) is 0 Å². The van der Waals surface area contributed by atoms with E-state index < -0.39 is 0 Å². The topological polar surface area (TPSA) is 12.0 Å². The molecular weight excluding hydrogens is 194 g/mol. The molecule has 0 aliphatic heterocycles. The molecular formula is C15H21N. The zero-order chi connectivity index (χ0) is 12.2. The molecule has 1 heteroatoms. The molecule has 0 amide bonds. The Balaban J connectivity index is 4.78. The van der Waals surface area contributed by atoms with E-state index in [0.29, 0.717) is 0 Å². The van der Waals surface area contributed by atoms with E-state index in [2.05, 4.69) is 11.9 Å². The van der Waals surface area contributed by atoms with E-state index >= 15 is 0 Å². The largest absolute Gasteiger partial charge is 0.356 e. The van der Waals surface area contributed by atoms with Crippen LogP contribution in [-0.2, 0) is 0 Å². The van der Waals surface area contributed by atoms with Crippen LogP contribution in [0.25, 0.3) is 0 Å². The highest BCUT2D eigenvalue weighted by Crippen LogP contribution is 2.00. The van der Waals surface area contributed by atoms with Crippen molar-refractivity contribution in [1.29, 1.82) is 0 Å². The molecule has 0 saturated carbocycles. The molecule has 0 unspecified atom stereocenters. The minimum atomic E-state index is 0.979. The molecule has 0 radical (unpaired) electrons. The monoisotopic (exact) mass is 215 g/mol. The first-order valence-electron chi connectivity index (χ1n) is 5.46. The summed E-state index contributed by atoms with van der Waals surface area (Å²) in [7, 11) is 0. The Morgan fingerprint density at radius 1 is 0.875 bits per heavy atom. The third-order valence-electron chi connectivity index (χ3n) is 1.79. The normalized spacial score (nSPS) is 14.2. The van der Waals surface area contributed by atoms with Crippen molar-refractivity contribution < 1.29 is 0 Å². The van der Waals surface area contributed by atoms with Gasteiger partial charge in [-0.3, -0.25) is 0 Å². The standard InChI is InChI=1S/C15H21N/c1-5-9-12-14(8-4)16-15(11-7-3)13-10-6-2/h5-13,16H,4H2,1-3H3/b9-5+,10-6+,11-7+,14-12+,15-13+. The molecule has 1 N–H and O–H groups in total. The van der Waals surface area contributed by atoms with Crippen molar-refractivity contribution in [2.45, 2.75) is 20.8 Å². The van der Waals surface area contributed by atoms with Gasteiger partial charge in [-0.15, -0.1) is 0 Å². The van der Waals surface area contributed by atoms with Gasteiger partial charge in [0.05, 0.1) is 0 Å². The molecule has 0 aliphatic carbocycles. The Bertz CT molecular complexity index is 338. The third kappa shape index (κ3) is 6.66. The summed E-state index contributed by atoms with van der Waals surface area (Å²) < 4.78 is 0. The van der Waals surface area contributed by atoms with Crippen molar-refractivity contribution in [3.05, 3.63) is 72.7 Å². The second-order valence-corrected chi connectivity index (χ2v) is 3.12. The fourth-order valence-corrected chi connectivity index (χ4v) is 1.05. The maximum atomic E-state index is 3.77. The van der Waals surface area contributed by atoms with E-state index in [9.17, 15) is 0 Å². The van der Waals surface area contributed by atoms with E-state index in [1.54, 1.807) is 6.08 Å². The molecule has 0 spiro atoms. The maximum absolute atomic E-state index is 3.77. The smallest absolute Gasteiger partial charge is 0.0380 e. The second kappa shape index (κ2) is 9.78. The van der Waals surface area contributed by atoms with E-state index in [-0.39, 0.29) is 0 Å². The van der Waals surface area contributed by atoms with Crippen molar-refractivity contribution in [3.8, 4) is 0 Å². The summed E-state index contributed by atoms with van der Waals surface area (Å²) in [6, 6.07) is 0. The molecule has 0 atom stereocenters. The molecule has 16 heavy (non-hydrogen) atoms. The van der Waals surface area contributed by atoms with Crippen LogP contribution in [0.1, 0.15) is 20.8 Å². The Hall–Kier alpha value is -1.76. The van der Waals surface area contributed by atoms with Gasteiger partial charge in [0, 0.05) is 11.4 Å². The van der Waals surface area contributed by atoms with E-state index in [0.717, 1.165) is 11.4 Å². The van der Waals surface area contributed by atoms with Crippen LogP contribution in [0.5, 0.6) is 0 Å². The lowest BCUT2D eigenvalue weighted by Gasteiger charge is -2.06. The van der Waals surface area contributed by atoms with Crippen molar-refractivity contribution >= 4 is 0 Å². The van der Waals surface area contributed by atoms with Gasteiger partial charge in [0.25, 0.3) is 0 Å². The highest BCUT2D eigenvalue weighted by atomic mass is 14.9. The molecule has 1 nitrogen and oxygen atoms in total. The van der Waals surface area contributed by atoms with Gasteiger partial charge in [0.1, 0.15) is 0 Å². The lowest BCUT2D eigenvalue weighted by molar-refractivity contribution is 1.04. The third-order valence-corrected chi connectivity index (χ3v) is 1.79. The van der Waals surface area contributed by atoms with Crippen LogP contribution in [0.2, 0.25) is 0 Å². The van der Waals surface area contributed by atoms with E-state index in [1.807, 2.05) is 69.4 Å². The summed E-state index contributed by atoms with van der Waals surface area (Å²) in [5, 5.41) is 3.29. The minimum Gasteiger partial charge on any atom is -0.356 e. The molecule has 0 aromatic heterocycles. The minimum absolute atomic E-state index is 0.979. The zero-order valence-corrected chi connectivity index (χ0v) is 10.4. The fourth-order valence-electron chi connectivity index (χ4n) is 1.05. The predicted molar refractivity (Wildman–Crippen MR) is 73.9 cm³/mol. The first kappa shape index (κ1) is 14.2. The lowest BCUT2D eigenvalue weighted by atomic mass is 10.3. The number of allylic oxidation sites excluding steroid dienone is 9. The summed E-state index contributed by atoms with van der Waals surface area (Å²) >= 11 is 0. The SMILES string of the molecule is C=C/C(=C\C=C\C)NC(/C=C/C)=C/C=C/C. The summed E-state index contributed by atoms with van der Waals surface area (Å²) in [6.07, 6.45) is 17.8. The first-order valence-corrected chi connectivity index (χ1v) is 5.46. The van der Waals surface area contributed by atoms with E-state index in [1.165, 1.54) is 0 Å². The van der Waals surface area contributed by atoms with Crippen molar-refractivity contribution in [2.75, 3.05) is 0 Å². The van der Waals surface area contributed by atoms with Gasteiger partial charge in [-0.1, -0.05) is 37.0 Å². The van der Waals surface area contributed by atoms with Crippen LogP contribution in [-0.4, -0.2) is 0 Å². The molecule has 0 rings (SSSR count). The van der Waals surface area contributed by atoms with E-state index in [4.69, 9.17) is 0 Å². The number of hydrogen-bond donors (Lipinski definition) is 1. The average Bonchev–Trinajstić information content (AvgIpc) is 2.31. The van der Waals surface area contributed by atoms with Crippen LogP contribution >= 0.6 is 0 Å². The summed E-state index contributed by atoms with van der Waals surface area (Å²) in [5.41, 5.74) is 2.02. The summed E-state index contributed by atoms with van der Waals surface area (Å²) in [6.45, 7) is 9.75. The van der Waals surface area contributed by atoms with Gasteiger partial charge in [-0.25, -0.2) is 0 Å². The zero-order valence-electron chi connectivity index (χ0n) is 10.4. The van der Waals surface area contributed by atoms with Gasteiger partial charge >= 0.3 is 0 Å². The van der Waals surface area contributed by atoms with Crippen LogP contribution in [0.4, 0.5) is 0 Å². The Kier molecular flexibility index (Phi) is 8.71. The van der Waals surface area contributed by atoms with Gasteiger partial charge < -0.3 is 5.32 Å². The van der Waals surface area contributed by atoms with Gasteiger partial charge in [-0.05, 0) is 45.1 Å². The van der Waals surface area contributed by atoms with Gasteiger partial charge in [0.15, 0.2) is 0 Å². The van der Waals surface area contributed by atoms with Crippen LogP contribution < -0.4 is 5.32 Å². The molecule has 0 aromatic rings. The molecule has 0 heterocycles. The molecule has 0 saturated heterocycles. The summed E-state index contributed by atoms with van der Waals surface area (Å²) in [5.74, 6) is 0. The van der Waals surface area contributed by atoms with Crippen molar-refractivity contribution in [1.82, 2.24) is 5.32 Å². The second-order valence-electron chi connectivity index (χ2n) is 3.12. The molecule has 86 valence electrons. The number of nitrogens with one attached hydrogen (secondary N) is 1. The molecule has 0 aliphatic rings. The van der Waals surface area contributed by atoms with Crippen LogP contribution in [0.15, 0.2) is 72.7 Å². The maximum Gasteiger partial charge on any atom is 0.0380 e. The molecule has 0 bridgehead atoms. The van der Waals surface area contributed by atoms with Crippen LogP contribution in [0, 0.1) is 0 Å². The van der Waals surface area contributed by atoms with Gasteiger partial charge in [-0.2, -0.15) is 0 Å². The van der Waals surface area contributed by atoms with Crippen molar-refractivity contribution in [2.24, 2.45) is 0 Å². The van der Waals surface area contributed by atoms with Crippen molar-refractivity contribution in [3.63, 3.8) is 0 Å². The fraction of sp³-hybridized carbons (Fsp3) is 0.200. The molecule has 0 aromatic carbocycles. The Morgan fingerprint density at radius 3 is 1.88 bits per heavy atom. The first-order chi connectivity index (χ1) is 7.78. The summed E-state index contributed by atoms with van der Waals surface area (Å²) in [4.78, 5) is 0. The predicted octanol–water partition coefficient (Wildman–Crippen LogP) is 4.26. The highest BCUT2D eigenvalue weighted by molar-refractivity contribution is 5.30. The Labute approximate surface area is 99.3 Å².